The molecule has 19 heavy (non-hydrogen) atoms. The molecule has 0 unspecified atom stereocenters. The Morgan fingerprint density at radius 2 is 0.789 bits per heavy atom. The van der Waals surface area contributed by atoms with Crippen molar-refractivity contribution in [2.24, 2.45) is 5.92 Å². The fourth-order valence-corrected chi connectivity index (χ4v) is 2.19. The molecule has 0 spiro atoms. The molecule has 0 aromatic heterocycles. The fraction of sp³-hybridized carbons (Fsp3) is 1.00. The van der Waals surface area contributed by atoms with Crippen molar-refractivity contribution < 1.29 is 0 Å². The van der Waals surface area contributed by atoms with Crippen molar-refractivity contribution in [3.63, 3.8) is 0 Å². The summed E-state index contributed by atoms with van der Waals surface area (Å²) in [6.45, 7) is 11.4. The molecule has 0 saturated carbocycles. The van der Waals surface area contributed by atoms with Crippen molar-refractivity contribution in [2.45, 2.75) is 118 Å². The predicted molar refractivity (Wildman–Crippen MR) is 91.9 cm³/mol. The van der Waals surface area contributed by atoms with Gasteiger partial charge in [0.1, 0.15) is 0 Å². The van der Waals surface area contributed by atoms with E-state index in [-0.39, 0.29) is 0 Å². The first-order valence-electron chi connectivity index (χ1n) is 9.18. The van der Waals surface area contributed by atoms with E-state index in [0.29, 0.717) is 0 Å². The zero-order valence-corrected chi connectivity index (χ0v) is 14.8. The summed E-state index contributed by atoms with van der Waals surface area (Å²) >= 11 is 0. The van der Waals surface area contributed by atoms with Gasteiger partial charge in [-0.2, -0.15) is 0 Å². The number of unbranched alkanes of at least 4 members (excludes halogenated alkanes) is 10. The zero-order valence-electron chi connectivity index (χ0n) is 14.8. The molecular weight excluding hydrogens is 228 g/mol. The van der Waals surface area contributed by atoms with Crippen LogP contribution in [0.3, 0.4) is 0 Å². The summed E-state index contributed by atoms with van der Waals surface area (Å²) in [6, 6.07) is 0. The highest BCUT2D eigenvalue weighted by Gasteiger charge is 1.93. The summed E-state index contributed by atoms with van der Waals surface area (Å²) in [4.78, 5) is 0. The molecule has 0 saturated heterocycles. The first kappa shape index (κ1) is 21.3. The van der Waals surface area contributed by atoms with E-state index in [0.717, 1.165) is 5.92 Å². The van der Waals surface area contributed by atoms with Crippen molar-refractivity contribution in [3.8, 4) is 0 Å². The molecule has 0 radical (unpaired) electrons. The summed E-state index contributed by atoms with van der Waals surface area (Å²) in [5, 5.41) is 0. The molecule has 0 aliphatic carbocycles. The molecule has 0 heteroatoms. The normalized spacial score (nSPS) is 10.4. The minimum Gasteiger partial charge on any atom is -0.0654 e. The largest absolute Gasteiger partial charge is 0.0654 e. The highest BCUT2D eigenvalue weighted by molar-refractivity contribution is 4.48. The van der Waals surface area contributed by atoms with Gasteiger partial charge < -0.3 is 0 Å². The molecule has 0 aromatic rings. The second-order valence-electron chi connectivity index (χ2n) is 6.36. The third-order valence-corrected chi connectivity index (χ3v) is 3.59. The first-order valence-corrected chi connectivity index (χ1v) is 9.18. The second kappa shape index (κ2) is 20.3. The van der Waals surface area contributed by atoms with Gasteiger partial charge in [0.2, 0.25) is 0 Å². The predicted octanol–water partition coefficient (Wildman–Crippen LogP) is 7.76. The van der Waals surface area contributed by atoms with E-state index in [1.54, 1.807) is 0 Å². The van der Waals surface area contributed by atoms with E-state index in [2.05, 4.69) is 34.6 Å². The van der Waals surface area contributed by atoms with Gasteiger partial charge in [-0.05, 0) is 5.92 Å². The average molecular weight is 271 g/mol. The average Bonchev–Trinajstić information content (AvgIpc) is 2.39. The van der Waals surface area contributed by atoms with E-state index in [1.165, 1.54) is 83.5 Å². The lowest BCUT2D eigenvalue weighted by Gasteiger charge is -2.03. The smallest absolute Gasteiger partial charge is 0.0471 e. The van der Waals surface area contributed by atoms with Crippen molar-refractivity contribution in [3.05, 3.63) is 0 Å². The van der Waals surface area contributed by atoms with E-state index in [4.69, 9.17) is 0 Å². The van der Waals surface area contributed by atoms with Crippen LogP contribution in [0.4, 0.5) is 0 Å². The third-order valence-electron chi connectivity index (χ3n) is 3.59. The molecule has 0 N–H and O–H groups in total. The summed E-state index contributed by atoms with van der Waals surface area (Å²) < 4.78 is 0. The van der Waals surface area contributed by atoms with Crippen LogP contribution >= 0.6 is 0 Å². The summed E-state index contributed by atoms with van der Waals surface area (Å²) in [5.74, 6) is 0.903. The molecule has 0 heterocycles. The molecular formula is C19H42. The minimum absolute atomic E-state index is 0.903. The van der Waals surface area contributed by atoms with Crippen LogP contribution in [0.2, 0.25) is 0 Å². The van der Waals surface area contributed by atoms with Crippen LogP contribution in [0.25, 0.3) is 0 Å². The van der Waals surface area contributed by atoms with E-state index < -0.39 is 0 Å². The number of rotatable bonds is 12. The molecule has 0 amide bonds. The maximum atomic E-state index is 2.32. The van der Waals surface area contributed by atoms with E-state index in [1.807, 2.05) is 0 Å². The van der Waals surface area contributed by atoms with Crippen LogP contribution in [0.1, 0.15) is 118 Å². The topological polar surface area (TPSA) is 0 Å². The molecule has 0 aliphatic rings. The van der Waals surface area contributed by atoms with Gasteiger partial charge in [0, 0.05) is 0 Å². The van der Waals surface area contributed by atoms with Gasteiger partial charge in [0.25, 0.3) is 0 Å². The van der Waals surface area contributed by atoms with Gasteiger partial charge in [-0.15, -0.1) is 0 Å². The third kappa shape index (κ3) is 27.3. The number of hydrogen-bond donors (Lipinski definition) is 0. The van der Waals surface area contributed by atoms with E-state index in [9.17, 15) is 0 Å². The zero-order chi connectivity index (χ0) is 14.8. The Morgan fingerprint density at radius 3 is 1.16 bits per heavy atom. The Labute approximate surface area is 124 Å². The van der Waals surface area contributed by atoms with Crippen molar-refractivity contribution >= 4 is 0 Å². The molecule has 0 rings (SSSR count). The Balaban J connectivity index is 0. The van der Waals surface area contributed by atoms with Crippen LogP contribution in [-0.2, 0) is 0 Å². The van der Waals surface area contributed by atoms with Crippen LogP contribution in [0, 0.1) is 5.92 Å². The number of hydrogen-bond acceptors (Lipinski definition) is 0. The molecule has 0 bridgehead atoms. The molecule has 0 atom stereocenters. The fourth-order valence-electron chi connectivity index (χ4n) is 2.19. The van der Waals surface area contributed by atoms with Crippen molar-refractivity contribution in [2.75, 3.05) is 0 Å². The van der Waals surface area contributed by atoms with Crippen molar-refractivity contribution in [1.82, 2.24) is 0 Å². The van der Waals surface area contributed by atoms with E-state index >= 15 is 0 Å². The molecule has 0 aliphatic heterocycles. The Kier molecular flexibility index (Phi) is 22.8. The summed E-state index contributed by atoms with van der Waals surface area (Å²) in [5.41, 5.74) is 0. The summed E-state index contributed by atoms with van der Waals surface area (Å²) in [7, 11) is 0. The highest BCUT2D eigenvalue weighted by Crippen LogP contribution is 2.11. The summed E-state index contributed by atoms with van der Waals surface area (Å²) in [6.07, 6.45) is 18.5. The maximum absolute atomic E-state index is 2.32. The Morgan fingerprint density at radius 1 is 0.474 bits per heavy atom. The van der Waals surface area contributed by atoms with Gasteiger partial charge in [-0.3, -0.25) is 0 Å². The lowest BCUT2D eigenvalue weighted by Crippen LogP contribution is -1.87. The van der Waals surface area contributed by atoms with Gasteiger partial charge in [-0.25, -0.2) is 0 Å². The van der Waals surface area contributed by atoms with Crippen LogP contribution in [0.5, 0.6) is 0 Å². The van der Waals surface area contributed by atoms with Gasteiger partial charge >= 0.3 is 0 Å². The Hall–Kier alpha value is 0. The van der Waals surface area contributed by atoms with Gasteiger partial charge in [-0.1, -0.05) is 118 Å². The highest BCUT2D eigenvalue weighted by atomic mass is 14.0. The van der Waals surface area contributed by atoms with Gasteiger partial charge in [0.05, 0.1) is 0 Å². The Bertz CT molecular complexity index is 122. The molecule has 118 valence electrons. The first-order chi connectivity index (χ1) is 9.18. The molecule has 0 nitrogen and oxygen atoms in total. The molecule has 0 fully saturated rings. The standard InChI is InChI=1S/C12H26.C7H16/c1-4-5-6-7-8-9-10-11-12(2)3;1-3-5-7-6-4-2/h12H,4-11H2,1-3H3;3-7H2,1-2H3. The quantitative estimate of drug-likeness (QED) is 0.318. The monoisotopic (exact) mass is 270 g/mol. The maximum Gasteiger partial charge on any atom is -0.0471 e. The lowest BCUT2D eigenvalue weighted by atomic mass is 10.0. The lowest BCUT2D eigenvalue weighted by molar-refractivity contribution is 0.511. The van der Waals surface area contributed by atoms with Crippen molar-refractivity contribution in [1.29, 1.82) is 0 Å². The minimum atomic E-state index is 0.903. The van der Waals surface area contributed by atoms with Crippen LogP contribution < -0.4 is 0 Å². The van der Waals surface area contributed by atoms with Crippen LogP contribution in [-0.4, -0.2) is 0 Å². The van der Waals surface area contributed by atoms with Crippen LogP contribution in [0.15, 0.2) is 0 Å². The van der Waals surface area contributed by atoms with Gasteiger partial charge in [0.15, 0.2) is 0 Å². The SMILES string of the molecule is CCCCCCC.CCCCCCCCCC(C)C. The molecule has 0 aromatic carbocycles. The second-order valence-corrected chi connectivity index (χ2v) is 6.36.